The first-order chi connectivity index (χ1) is 16.5. The summed E-state index contributed by atoms with van der Waals surface area (Å²) >= 11 is 0. The Morgan fingerprint density at radius 3 is 2.59 bits per heavy atom. The van der Waals surface area contributed by atoms with Crippen LogP contribution in [-0.2, 0) is 14.4 Å². The molecule has 0 saturated carbocycles. The van der Waals surface area contributed by atoms with Gasteiger partial charge in [0.25, 0.3) is 0 Å². The van der Waals surface area contributed by atoms with Crippen molar-refractivity contribution in [3.05, 3.63) is 29.8 Å². The average Bonchev–Trinajstić information content (AvgIpc) is 2.86. The number of carbonyl (C=O) groups is 3. The van der Waals surface area contributed by atoms with Crippen LogP contribution in [0.15, 0.2) is 24.3 Å². The van der Waals surface area contributed by atoms with E-state index in [1.54, 1.807) is 29.2 Å². The Balaban J connectivity index is 1.55. The van der Waals surface area contributed by atoms with Crippen molar-refractivity contribution < 1.29 is 28.6 Å². The lowest BCUT2D eigenvalue weighted by Gasteiger charge is -2.33. The predicted octanol–water partition coefficient (Wildman–Crippen LogP) is 2.69. The van der Waals surface area contributed by atoms with E-state index < -0.39 is 18.7 Å². The number of aliphatic carboxylic acids is 1. The number of carboxylic acid groups (broad SMARTS) is 1. The molecule has 2 atom stereocenters. The maximum atomic E-state index is 13.0. The van der Waals surface area contributed by atoms with Gasteiger partial charge in [-0.15, -0.1) is 0 Å². The van der Waals surface area contributed by atoms with Crippen LogP contribution in [0.2, 0.25) is 0 Å². The number of benzene rings is 1. The van der Waals surface area contributed by atoms with Gasteiger partial charge in [-0.3, -0.25) is 14.4 Å². The number of piperidine rings is 2. The van der Waals surface area contributed by atoms with Crippen LogP contribution < -0.4 is 15.4 Å². The van der Waals surface area contributed by atoms with E-state index in [0.29, 0.717) is 43.2 Å². The smallest absolute Gasteiger partial charge is 0.305 e. The van der Waals surface area contributed by atoms with E-state index >= 15 is 0 Å². The molecular weight excluding hydrogens is 441 g/mol. The minimum Gasteiger partial charge on any atom is -0.491 e. The van der Waals surface area contributed by atoms with E-state index in [0.717, 1.165) is 38.8 Å². The Kier molecular flexibility index (Phi) is 10.1. The van der Waals surface area contributed by atoms with Crippen LogP contribution in [0, 0.1) is 11.8 Å². The molecule has 1 aromatic carbocycles. The molecule has 2 amide bonds. The standard InChI is InChI=1S/C25H36FN3O5/c26-11-15-34-21-6-4-19(5-7-21)22(16-24(31)32)28-25(33)20-2-1-14-29(17-20)23(30)8-3-18-9-12-27-13-10-18/h4-7,18,20,22,27H,1-3,8-17H2,(H,28,33)(H,31,32)/t20-,22?/m1/s1. The predicted molar refractivity (Wildman–Crippen MR) is 125 cm³/mol. The minimum atomic E-state index is -1.03. The van der Waals surface area contributed by atoms with E-state index in [-0.39, 0.29) is 30.8 Å². The molecule has 0 bridgehead atoms. The molecule has 0 radical (unpaired) electrons. The number of rotatable bonds is 11. The zero-order chi connectivity index (χ0) is 24.3. The Morgan fingerprint density at radius 2 is 1.91 bits per heavy atom. The number of halogens is 1. The van der Waals surface area contributed by atoms with Crippen LogP contribution in [-0.4, -0.2) is 67.3 Å². The maximum absolute atomic E-state index is 13.0. The second kappa shape index (κ2) is 13.3. The Labute approximate surface area is 200 Å². The molecular formula is C25H36FN3O5. The highest BCUT2D eigenvalue weighted by Gasteiger charge is 2.30. The molecule has 0 spiro atoms. The quantitative estimate of drug-likeness (QED) is 0.452. The molecule has 0 aliphatic carbocycles. The van der Waals surface area contributed by atoms with Crippen LogP contribution in [0.25, 0.3) is 0 Å². The summed E-state index contributed by atoms with van der Waals surface area (Å²) in [5.74, 6) is -0.462. The van der Waals surface area contributed by atoms with Crippen LogP contribution in [0.3, 0.4) is 0 Å². The van der Waals surface area contributed by atoms with Crippen molar-refractivity contribution in [2.75, 3.05) is 39.5 Å². The SMILES string of the molecule is O=C(O)CC(NC(=O)[C@@H]1CCCN(C(=O)CCC2CCNCC2)C1)c1ccc(OCCF)cc1. The number of nitrogens with zero attached hydrogens (tertiary/aromatic N) is 1. The number of alkyl halides is 1. The van der Waals surface area contributed by atoms with E-state index in [1.165, 1.54) is 0 Å². The molecule has 8 nitrogen and oxygen atoms in total. The molecule has 2 heterocycles. The zero-order valence-electron chi connectivity index (χ0n) is 19.6. The van der Waals surface area contributed by atoms with Gasteiger partial charge in [0, 0.05) is 19.5 Å². The molecule has 3 N–H and O–H groups in total. The van der Waals surface area contributed by atoms with Gasteiger partial charge in [-0.05, 0) is 68.8 Å². The van der Waals surface area contributed by atoms with Crippen molar-refractivity contribution in [1.29, 1.82) is 0 Å². The zero-order valence-corrected chi connectivity index (χ0v) is 19.6. The summed E-state index contributed by atoms with van der Waals surface area (Å²) in [6.45, 7) is 2.40. The van der Waals surface area contributed by atoms with Gasteiger partial charge >= 0.3 is 5.97 Å². The molecule has 34 heavy (non-hydrogen) atoms. The molecule has 2 aliphatic rings. The highest BCUT2D eigenvalue weighted by atomic mass is 19.1. The molecule has 9 heteroatoms. The number of ether oxygens (including phenoxy) is 1. The Bertz CT molecular complexity index is 813. The summed E-state index contributed by atoms with van der Waals surface area (Å²) in [7, 11) is 0. The second-order valence-corrected chi connectivity index (χ2v) is 9.18. The number of amides is 2. The van der Waals surface area contributed by atoms with Gasteiger partial charge in [-0.1, -0.05) is 12.1 Å². The molecule has 1 unspecified atom stereocenters. The third kappa shape index (κ3) is 7.97. The van der Waals surface area contributed by atoms with Gasteiger partial charge in [-0.25, -0.2) is 4.39 Å². The van der Waals surface area contributed by atoms with Crippen molar-refractivity contribution >= 4 is 17.8 Å². The average molecular weight is 478 g/mol. The molecule has 0 aromatic heterocycles. The number of carbonyl (C=O) groups excluding carboxylic acids is 2. The van der Waals surface area contributed by atoms with Crippen LogP contribution >= 0.6 is 0 Å². The van der Waals surface area contributed by atoms with Crippen LogP contribution in [0.4, 0.5) is 4.39 Å². The number of hydrogen-bond donors (Lipinski definition) is 3. The van der Waals surface area contributed by atoms with Crippen molar-refractivity contribution in [3.8, 4) is 5.75 Å². The van der Waals surface area contributed by atoms with E-state index in [4.69, 9.17) is 4.74 Å². The maximum Gasteiger partial charge on any atom is 0.305 e. The first-order valence-electron chi connectivity index (χ1n) is 12.3. The summed E-state index contributed by atoms with van der Waals surface area (Å²) in [6.07, 6.45) is 4.76. The second-order valence-electron chi connectivity index (χ2n) is 9.18. The number of likely N-dealkylation sites (tertiary alicyclic amines) is 1. The van der Waals surface area contributed by atoms with Gasteiger partial charge in [0.15, 0.2) is 0 Å². The largest absolute Gasteiger partial charge is 0.491 e. The van der Waals surface area contributed by atoms with Crippen LogP contribution in [0.5, 0.6) is 5.75 Å². The van der Waals surface area contributed by atoms with E-state index in [2.05, 4.69) is 10.6 Å². The van der Waals surface area contributed by atoms with Crippen molar-refractivity contribution in [2.45, 2.75) is 51.0 Å². The van der Waals surface area contributed by atoms with Crippen molar-refractivity contribution in [3.63, 3.8) is 0 Å². The summed E-state index contributed by atoms with van der Waals surface area (Å²) in [4.78, 5) is 39.0. The highest BCUT2D eigenvalue weighted by Crippen LogP contribution is 2.24. The molecule has 2 fully saturated rings. The number of nitrogens with one attached hydrogen (secondary N) is 2. The van der Waals surface area contributed by atoms with Gasteiger partial charge < -0.3 is 25.4 Å². The third-order valence-electron chi connectivity index (χ3n) is 6.69. The normalized spacial score (nSPS) is 19.9. The molecule has 2 saturated heterocycles. The van der Waals surface area contributed by atoms with Crippen molar-refractivity contribution in [1.82, 2.24) is 15.5 Å². The van der Waals surface area contributed by atoms with Gasteiger partial charge in [0.1, 0.15) is 19.0 Å². The van der Waals surface area contributed by atoms with E-state index in [9.17, 15) is 23.9 Å². The van der Waals surface area contributed by atoms with Gasteiger partial charge in [0.2, 0.25) is 11.8 Å². The molecule has 188 valence electrons. The number of hydrogen-bond acceptors (Lipinski definition) is 5. The summed E-state index contributed by atoms with van der Waals surface area (Å²) in [6, 6.07) is 5.93. The van der Waals surface area contributed by atoms with Crippen molar-refractivity contribution in [2.24, 2.45) is 11.8 Å². The molecule has 2 aliphatic heterocycles. The summed E-state index contributed by atoms with van der Waals surface area (Å²) < 4.78 is 17.5. The topological polar surface area (TPSA) is 108 Å². The minimum absolute atomic E-state index is 0.0522. The lowest BCUT2D eigenvalue weighted by atomic mass is 9.92. The summed E-state index contributed by atoms with van der Waals surface area (Å²) in [5, 5.41) is 15.6. The lowest BCUT2D eigenvalue weighted by Crippen LogP contribution is -2.46. The monoisotopic (exact) mass is 477 g/mol. The Hall–Kier alpha value is -2.68. The fraction of sp³-hybridized carbons (Fsp3) is 0.640. The fourth-order valence-corrected chi connectivity index (χ4v) is 4.74. The number of carboxylic acids is 1. The van der Waals surface area contributed by atoms with Gasteiger partial charge in [-0.2, -0.15) is 0 Å². The fourth-order valence-electron chi connectivity index (χ4n) is 4.74. The van der Waals surface area contributed by atoms with Crippen LogP contribution in [0.1, 0.15) is 56.6 Å². The first-order valence-corrected chi connectivity index (χ1v) is 12.3. The van der Waals surface area contributed by atoms with Gasteiger partial charge in [0.05, 0.1) is 18.4 Å². The Morgan fingerprint density at radius 1 is 1.18 bits per heavy atom. The summed E-state index contributed by atoms with van der Waals surface area (Å²) in [5.41, 5.74) is 0.633. The molecule has 1 aromatic rings. The third-order valence-corrected chi connectivity index (χ3v) is 6.69. The lowest BCUT2D eigenvalue weighted by molar-refractivity contribution is -0.138. The molecule has 3 rings (SSSR count). The first kappa shape index (κ1) is 25.9. The highest BCUT2D eigenvalue weighted by molar-refractivity contribution is 5.82. The van der Waals surface area contributed by atoms with E-state index in [1.807, 2.05) is 0 Å².